The Morgan fingerprint density at radius 1 is 1.19 bits per heavy atom. The molecule has 0 saturated carbocycles. The average molecular weight is 389 g/mol. The Balaban J connectivity index is 1.42. The third kappa shape index (κ3) is 3.73. The van der Waals surface area contributed by atoms with Crippen molar-refractivity contribution in [2.75, 3.05) is 0 Å². The molecule has 0 aliphatic heterocycles. The molecule has 0 radical (unpaired) electrons. The van der Waals surface area contributed by atoms with E-state index in [1.807, 2.05) is 22.9 Å². The van der Waals surface area contributed by atoms with Crippen LogP contribution in [-0.4, -0.2) is 14.8 Å². The molecule has 6 nitrogen and oxygen atoms in total. The van der Waals surface area contributed by atoms with Gasteiger partial charge in [-0.3, -0.25) is 0 Å². The fourth-order valence-electron chi connectivity index (χ4n) is 2.22. The second kappa shape index (κ2) is 7.22. The first-order chi connectivity index (χ1) is 12.7. The molecule has 0 saturated heterocycles. The van der Waals surface area contributed by atoms with Gasteiger partial charge in [-0.2, -0.15) is 4.68 Å². The zero-order valence-corrected chi connectivity index (χ0v) is 14.9. The Morgan fingerprint density at radius 3 is 2.81 bits per heavy atom. The fourth-order valence-corrected chi connectivity index (χ4v) is 3.56. The molecule has 132 valence electrons. The summed E-state index contributed by atoms with van der Waals surface area (Å²) in [6, 6.07) is 9.51. The predicted molar refractivity (Wildman–Crippen MR) is 96.0 cm³/mol. The first kappa shape index (κ1) is 16.7. The lowest BCUT2D eigenvalue weighted by Gasteiger charge is -2.03. The highest BCUT2D eigenvalue weighted by Crippen LogP contribution is 2.21. The average Bonchev–Trinajstić information content (AvgIpc) is 3.37. The van der Waals surface area contributed by atoms with Crippen LogP contribution in [0.2, 0.25) is 0 Å². The summed E-state index contributed by atoms with van der Waals surface area (Å²) >= 11 is 2.87. The minimum atomic E-state index is -0.523. The second-order valence-electron chi connectivity index (χ2n) is 5.28. The lowest BCUT2D eigenvalue weighted by molar-refractivity contribution is 0.304. The maximum atomic E-state index is 12.9. The van der Waals surface area contributed by atoms with Gasteiger partial charge in [0.2, 0.25) is 0 Å². The second-order valence-corrected chi connectivity index (χ2v) is 7.17. The summed E-state index contributed by atoms with van der Waals surface area (Å²) in [5.74, 6) is 0.0379. The van der Waals surface area contributed by atoms with Gasteiger partial charge >= 0.3 is 5.76 Å². The van der Waals surface area contributed by atoms with Gasteiger partial charge in [0.15, 0.2) is 0 Å². The summed E-state index contributed by atoms with van der Waals surface area (Å²) in [7, 11) is 0. The Hall–Kier alpha value is -2.78. The summed E-state index contributed by atoms with van der Waals surface area (Å²) in [6.07, 6.45) is 0. The van der Waals surface area contributed by atoms with Crippen molar-refractivity contribution in [1.29, 1.82) is 0 Å². The van der Waals surface area contributed by atoms with Crippen LogP contribution in [0.4, 0.5) is 4.39 Å². The van der Waals surface area contributed by atoms with Gasteiger partial charge in [0.25, 0.3) is 5.89 Å². The highest BCUT2D eigenvalue weighted by molar-refractivity contribution is 7.13. The summed E-state index contributed by atoms with van der Waals surface area (Å²) < 4.78 is 24.9. The molecule has 0 aliphatic rings. The molecule has 0 fully saturated rings. The van der Waals surface area contributed by atoms with Crippen LogP contribution in [0.15, 0.2) is 56.4 Å². The van der Waals surface area contributed by atoms with E-state index in [0.29, 0.717) is 17.3 Å². The highest BCUT2D eigenvalue weighted by atomic mass is 32.1. The molecule has 0 N–H and O–H groups in total. The number of benzene rings is 1. The smallest absolute Gasteiger partial charge is 0.437 e. The fraction of sp³-hybridized carbons (Fsp3) is 0.118. The maximum absolute atomic E-state index is 12.9. The van der Waals surface area contributed by atoms with Gasteiger partial charge in [-0.25, -0.2) is 14.2 Å². The summed E-state index contributed by atoms with van der Waals surface area (Å²) in [4.78, 5) is 17.2. The minimum absolute atomic E-state index is 0.223. The number of rotatable bonds is 6. The predicted octanol–water partition coefficient (Wildman–Crippen LogP) is 3.79. The van der Waals surface area contributed by atoms with E-state index in [1.54, 1.807) is 12.1 Å². The molecule has 0 spiro atoms. The van der Waals surface area contributed by atoms with E-state index in [9.17, 15) is 9.18 Å². The number of ether oxygens (including phenoxy) is 1. The summed E-state index contributed by atoms with van der Waals surface area (Å²) in [6.45, 7) is 0.491. The molecule has 1 aromatic carbocycles. The van der Waals surface area contributed by atoms with Crippen molar-refractivity contribution in [1.82, 2.24) is 14.8 Å². The Kier molecular flexibility index (Phi) is 4.63. The van der Waals surface area contributed by atoms with Crippen molar-refractivity contribution in [3.05, 3.63) is 74.2 Å². The number of nitrogens with zero attached hydrogens (tertiary/aromatic N) is 3. The topological polar surface area (TPSA) is 70.2 Å². The molecule has 0 bridgehead atoms. The quantitative estimate of drug-likeness (QED) is 0.502. The van der Waals surface area contributed by atoms with Gasteiger partial charge in [0.1, 0.15) is 23.2 Å². The van der Waals surface area contributed by atoms with Crippen molar-refractivity contribution >= 4 is 22.7 Å². The van der Waals surface area contributed by atoms with E-state index < -0.39 is 5.76 Å². The van der Waals surface area contributed by atoms with Crippen LogP contribution in [0.5, 0.6) is 5.75 Å². The van der Waals surface area contributed by atoms with E-state index >= 15 is 0 Å². The number of halogens is 1. The lowest BCUT2D eigenvalue weighted by Crippen LogP contribution is -2.16. The van der Waals surface area contributed by atoms with Crippen LogP contribution in [0.3, 0.4) is 0 Å². The van der Waals surface area contributed by atoms with E-state index in [1.165, 1.54) is 39.5 Å². The third-order valence-electron chi connectivity index (χ3n) is 3.43. The molecule has 4 aromatic rings. The highest BCUT2D eigenvalue weighted by Gasteiger charge is 2.13. The molecule has 3 aromatic heterocycles. The minimum Gasteiger partial charge on any atom is -0.486 e. The normalized spacial score (nSPS) is 11.0. The molecular weight excluding hydrogens is 377 g/mol. The van der Waals surface area contributed by atoms with E-state index in [2.05, 4.69) is 10.1 Å². The van der Waals surface area contributed by atoms with Crippen LogP contribution in [-0.2, 0) is 13.2 Å². The van der Waals surface area contributed by atoms with Crippen LogP contribution in [0.25, 0.3) is 10.8 Å². The number of hydrogen-bond acceptors (Lipinski definition) is 7. The van der Waals surface area contributed by atoms with Crippen molar-refractivity contribution < 1.29 is 13.5 Å². The van der Waals surface area contributed by atoms with Gasteiger partial charge in [0.05, 0.1) is 17.1 Å². The number of thiazole rings is 1. The third-order valence-corrected chi connectivity index (χ3v) is 5.15. The number of aromatic nitrogens is 3. The zero-order chi connectivity index (χ0) is 17.9. The van der Waals surface area contributed by atoms with Gasteiger partial charge < -0.3 is 9.15 Å². The number of thiophene rings is 1. The maximum Gasteiger partial charge on any atom is 0.437 e. The molecular formula is C17H12FN3O3S2. The van der Waals surface area contributed by atoms with Gasteiger partial charge in [-0.15, -0.1) is 27.8 Å². The van der Waals surface area contributed by atoms with Crippen LogP contribution < -0.4 is 10.5 Å². The molecule has 9 heteroatoms. The van der Waals surface area contributed by atoms with Crippen LogP contribution in [0.1, 0.15) is 10.7 Å². The summed E-state index contributed by atoms with van der Waals surface area (Å²) in [5.41, 5.74) is 0.695. The monoisotopic (exact) mass is 389 g/mol. The zero-order valence-electron chi connectivity index (χ0n) is 13.3. The van der Waals surface area contributed by atoms with Crippen LogP contribution >= 0.6 is 22.7 Å². The van der Waals surface area contributed by atoms with Gasteiger partial charge in [-0.1, -0.05) is 6.07 Å². The van der Waals surface area contributed by atoms with E-state index in [0.717, 1.165) is 9.88 Å². The van der Waals surface area contributed by atoms with Gasteiger partial charge in [0, 0.05) is 5.38 Å². The van der Waals surface area contributed by atoms with Crippen molar-refractivity contribution in [3.63, 3.8) is 0 Å². The van der Waals surface area contributed by atoms with Crippen molar-refractivity contribution in [2.45, 2.75) is 13.2 Å². The lowest BCUT2D eigenvalue weighted by atomic mass is 10.3. The van der Waals surface area contributed by atoms with Crippen LogP contribution in [0, 0.1) is 5.82 Å². The Morgan fingerprint density at radius 2 is 2.04 bits per heavy atom. The standard InChI is InChI=1S/C17H12FN3O3S2/c18-11-3-5-13(6-4-11)23-9-15-19-12(10-26-15)8-21-17(22)24-16(20-21)14-2-1-7-25-14/h1-7,10H,8-9H2. The first-order valence-electron chi connectivity index (χ1n) is 7.61. The van der Waals surface area contributed by atoms with E-state index in [4.69, 9.17) is 9.15 Å². The van der Waals surface area contributed by atoms with E-state index in [-0.39, 0.29) is 19.0 Å². The summed E-state index contributed by atoms with van der Waals surface area (Å²) in [5, 5.41) is 8.69. The largest absolute Gasteiger partial charge is 0.486 e. The van der Waals surface area contributed by atoms with Gasteiger partial charge in [-0.05, 0) is 35.7 Å². The Labute approximate surface area is 155 Å². The molecule has 4 rings (SSSR count). The molecule has 0 amide bonds. The van der Waals surface area contributed by atoms with Crippen molar-refractivity contribution in [3.8, 4) is 16.5 Å². The molecule has 0 aliphatic carbocycles. The molecule has 3 heterocycles. The molecule has 0 unspecified atom stereocenters. The molecule has 0 atom stereocenters. The molecule has 26 heavy (non-hydrogen) atoms. The number of hydrogen-bond donors (Lipinski definition) is 0. The van der Waals surface area contributed by atoms with Crippen molar-refractivity contribution in [2.24, 2.45) is 0 Å². The first-order valence-corrected chi connectivity index (χ1v) is 9.37. The SMILES string of the molecule is O=c1oc(-c2cccs2)nn1Cc1csc(COc2ccc(F)cc2)n1. The Bertz CT molecular complexity index is 1050.